The summed E-state index contributed by atoms with van der Waals surface area (Å²) >= 11 is 6.48. The van der Waals surface area contributed by atoms with Gasteiger partial charge in [0.25, 0.3) is 0 Å². The highest BCUT2D eigenvalue weighted by Crippen LogP contribution is 2.30. The van der Waals surface area contributed by atoms with E-state index in [1.54, 1.807) is 24.3 Å². The first-order chi connectivity index (χ1) is 8.58. The summed E-state index contributed by atoms with van der Waals surface area (Å²) in [7, 11) is 0. The van der Waals surface area contributed by atoms with Crippen molar-refractivity contribution < 1.29 is 9.13 Å². The molecule has 0 aliphatic heterocycles. The van der Waals surface area contributed by atoms with Crippen molar-refractivity contribution in [2.75, 3.05) is 0 Å². The fraction of sp³-hybridized carbons (Fsp3) is 0. The van der Waals surface area contributed by atoms with Gasteiger partial charge >= 0.3 is 0 Å². The van der Waals surface area contributed by atoms with Gasteiger partial charge in [-0.3, -0.25) is 0 Å². The van der Waals surface area contributed by atoms with E-state index in [0.29, 0.717) is 21.5 Å². The molecule has 0 amide bonds. The Morgan fingerprint density at radius 2 is 1.83 bits per heavy atom. The lowest BCUT2D eigenvalue weighted by atomic mass is 10.2. The number of hydrogen-bond acceptors (Lipinski definition) is 2. The molecule has 0 saturated heterocycles. The van der Waals surface area contributed by atoms with Gasteiger partial charge in [0.2, 0.25) is 0 Å². The number of rotatable bonds is 2. The van der Waals surface area contributed by atoms with Crippen LogP contribution in [0, 0.1) is 17.1 Å². The average molecular weight is 371 g/mol. The SMILES string of the molecule is N#Cc1ccc(Br)cc1Oc1cc(F)cc(Br)c1. The van der Waals surface area contributed by atoms with Crippen molar-refractivity contribution in [2.24, 2.45) is 0 Å². The van der Waals surface area contributed by atoms with Gasteiger partial charge in [-0.05, 0) is 30.3 Å². The van der Waals surface area contributed by atoms with E-state index in [2.05, 4.69) is 31.9 Å². The molecular weight excluding hydrogens is 365 g/mol. The summed E-state index contributed by atoms with van der Waals surface area (Å²) in [6.45, 7) is 0. The first-order valence-corrected chi connectivity index (χ1v) is 6.50. The zero-order valence-electron chi connectivity index (χ0n) is 8.95. The molecule has 2 aromatic rings. The Morgan fingerprint density at radius 3 is 2.50 bits per heavy atom. The lowest BCUT2D eigenvalue weighted by Crippen LogP contribution is -1.89. The van der Waals surface area contributed by atoms with Crippen molar-refractivity contribution in [3.8, 4) is 17.6 Å². The molecule has 0 radical (unpaired) electrons. The number of benzene rings is 2. The average Bonchev–Trinajstić information content (AvgIpc) is 2.27. The Morgan fingerprint density at radius 1 is 1.06 bits per heavy atom. The fourth-order valence-corrected chi connectivity index (χ4v) is 2.17. The maximum atomic E-state index is 13.2. The monoisotopic (exact) mass is 369 g/mol. The topological polar surface area (TPSA) is 33.0 Å². The van der Waals surface area contributed by atoms with Crippen LogP contribution in [0.25, 0.3) is 0 Å². The molecule has 2 rings (SSSR count). The van der Waals surface area contributed by atoms with Gasteiger partial charge in [0.15, 0.2) is 0 Å². The second-order valence-electron chi connectivity index (χ2n) is 3.46. The zero-order chi connectivity index (χ0) is 13.1. The second-order valence-corrected chi connectivity index (χ2v) is 5.29. The van der Waals surface area contributed by atoms with E-state index < -0.39 is 5.82 Å². The van der Waals surface area contributed by atoms with Crippen LogP contribution >= 0.6 is 31.9 Å². The van der Waals surface area contributed by atoms with Crippen LogP contribution in [-0.2, 0) is 0 Å². The Labute approximate surface area is 120 Å². The number of nitrogens with zero attached hydrogens (tertiary/aromatic N) is 1. The molecule has 18 heavy (non-hydrogen) atoms. The van der Waals surface area contributed by atoms with Crippen molar-refractivity contribution >= 4 is 31.9 Å². The van der Waals surface area contributed by atoms with E-state index in [4.69, 9.17) is 10.00 Å². The largest absolute Gasteiger partial charge is 0.456 e. The van der Waals surface area contributed by atoms with Gasteiger partial charge in [-0.15, -0.1) is 0 Å². The van der Waals surface area contributed by atoms with Crippen LogP contribution in [0.15, 0.2) is 45.3 Å². The van der Waals surface area contributed by atoms with Crippen molar-refractivity contribution in [3.63, 3.8) is 0 Å². The molecule has 2 aromatic carbocycles. The molecule has 0 heterocycles. The van der Waals surface area contributed by atoms with Crippen molar-refractivity contribution in [3.05, 3.63) is 56.7 Å². The van der Waals surface area contributed by atoms with Crippen LogP contribution in [0.4, 0.5) is 4.39 Å². The summed E-state index contributed by atoms with van der Waals surface area (Å²) < 4.78 is 20.1. The van der Waals surface area contributed by atoms with E-state index in [9.17, 15) is 4.39 Å². The first-order valence-electron chi connectivity index (χ1n) is 4.92. The summed E-state index contributed by atoms with van der Waals surface area (Å²) in [6, 6.07) is 11.3. The lowest BCUT2D eigenvalue weighted by Gasteiger charge is -2.08. The Hall–Kier alpha value is -1.38. The van der Waals surface area contributed by atoms with E-state index in [1.165, 1.54) is 12.1 Å². The molecule has 5 heteroatoms. The summed E-state index contributed by atoms with van der Waals surface area (Å²) in [5.41, 5.74) is 0.388. The van der Waals surface area contributed by atoms with Gasteiger partial charge in [-0.2, -0.15) is 5.26 Å². The molecule has 0 aromatic heterocycles. The predicted molar refractivity (Wildman–Crippen MR) is 73.0 cm³/mol. The lowest BCUT2D eigenvalue weighted by molar-refractivity contribution is 0.474. The summed E-state index contributed by atoms with van der Waals surface area (Å²) in [5, 5.41) is 8.97. The highest BCUT2D eigenvalue weighted by atomic mass is 79.9. The van der Waals surface area contributed by atoms with E-state index in [1.807, 2.05) is 6.07 Å². The Bertz CT molecular complexity index is 617. The van der Waals surface area contributed by atoms with E-state index in [0.717, 1.165) is 4.47 Å². The van der Waals surface area contributed by atoms with Gasteiger partial charge in [0.05, 0.1) is 5.56 Å². The molecule has 0 aliphatic rings. The third kappa shape index (κ3) is 3.09. The van der Waals surface area contributed by atoms with Gasteiger partial charge in [-0.1, -0.05) is 31.9 Å². The Balaban J connectivity index is 2.39. The minimum Gasteiger partial charge on any atom is -0.456 e. The van der Waals surface area contributed by atoms with Gasteiger partial charge in [0, 0.05) is 15.0 Å². The van der Waals surface area contributed by atoms with Gasteiger partial charge in [0.1, 0.15) is 23.4 Å². The molecule has 0 N–H and O–H groups in total. The number of hydrogen-bond donors (Lipinski definition) is 0. The quantitative estimate of drug-likeness (QED) is 0.743. The Kier molecular flexibility index (Phi) is 4.00. The van der Waals surface area contributed by atoms with E-state index in [-0.39, 0.29) is 0 Å². The molecule has 0 aliphatic carbocycles. The molecule has 2 nitrogen and oxygen atoms in total. The minimum absolute atomic E-state index is 0.330. The molecule has 0 spiro atoms. The van der Waals surface area contributed by atoms with Crippen molar-refractivity contribution in [2.45, 2.75) is 0 Å². The summed E-state index contributed by atoms with van der Waals surface area (Å²) in [5.74, 6) is 0.300. The van der Waals surface area contributed by atoms with Crippen LogP contribution in [0.1, 0.15) is 5.56 Å². The standard InChI is InChI=1S/C13H6Br2FNO/c14-9-2-1-8(7-17)13(5-9)18-12-4-10(15)3-11(16)6-12/h1-6H. The highest BCUT2D eigenvalue weighted by Gasteiger charge is 2.07. The first kappa shape index (κ1) is 13.1. The summed E-state index contributed by atoms with van der Waals surface area (Å²) in [6.07, 6.45) is 0. The van der Waals surface area contributed by atoms with Crippen LogP contribution < -0.4 is 4.74 Å². The van der Waals surface area contributed by atoms with E-state index >= 15 is 0 Å². The second kappa shape index (κ2) is 5.51. The van der Waals surface area contributed by atoms with Crippen molar-refractivity contribution in [1.82, 2.24) is 0 Å². The molecule has 0 unspecified atom stereocenters. The molecule has 0 fully saturated rings. The smallest absolute Gasteiger partial charge is 0.146 e. The summed E-state index contributed by atoms with van der Waals surface area (Å²) in [4.78, 5) is 0. The molecule has 0 saturated carbocycles. The van der Waals surface area contributed by atoms with Crippen LogP contribution in [-0.4, -0.2) is 0 Å². The highest BCUT2D eigenvalue weighted by molar-refractivity contribution is 9.10. The third-order valence-electron chi connectivity index (χ3n) is 2.13. The van der Waals surface area contributed by atoms with Crippen molar-refractivity contribution in [1.29, 1.82) is 5.26 Å². The van der Waals surface area contributed by atoms with Crippen LogP contribution in [0.3, 0.4) is 0 Å². The maximum Gasteiger partial charge on any atom is 0.146 e. The maximum absolute atomic E-state index is 13.2. The normalized spacial score (nSPS) is 9.89. The minimum atomic E-state index is -0.409. The number of nitriles is 1. The molecule has 90 valence electrons. The predicted octanol–water partition coefficient (Wildman–Crippen LogP) is 5.01. The molecule has 0 bridgehead atoms. The number of ether oxygens (including phenoxy) is 1. The number of halogens is 3. The molecular formula is C13H6Br2FNO. The fourth-order valence-electron chi connectivity index (χ4n) is 1.39. The molecule has 0 atom stereocenters. The van der Waals surface area contributed by atoms with Crippen LogP contribution in [0.5, 0.6) is 11.5 Å². The van der Waals surface area contributed by atoms with Crippen LogP contribution in [0.2, 0.25) is 0 Å². The zero-order valence-corrected chi connectivity index (χ0v) is 12.1. The third-order valence-corrected chi connectivity index (χ3v) is 3.08. The van der Waals surface area contributed by atoms with Gasteiger partial charge < -0.3 is 4.74 Å². The van der Waals surface area contributed by atoms with Gasteiger partial charge in [-0.25, -0.2) is 4.39 Å².